The maximum absolute atomic E-state index is 12.0. The first-order valence-electron chi connectivity index (χ1n) is 6.43. The van der Waals surface area contributed by atoms with Crippen molar-refractivity contribution in [3.8, 4) is 5.75 Å². The molecule has 110 valence electrons. The lowest BCUT2D eigenvalue weighted by Gasteiger charge is -2.08. The molecule has 0 aliphatic rings. The van der Waals surface area contributed by atoms with Crippen LogP contribution in [0.3, 0.4) is 0 Å². The van der Waals surface area contributed by atoms with Crippen molar-refractivity contribution in [1.82, 2.24) is 0 Å². The van der Waals surface area contributed by atoms with Gasteiger partial charge < -0.3 is 4.74 Å². The Labute approximate surface area is 142 Å². The van der Waals surface area contributed by atoms with Crippen LogP contribution in [-0.4, -0.2) is 12.4 Å². The molecular weight excluding hydrogens is 375 g/mol. The van der Waals surface area contributed by atoms with Gasteiger partial charge in [-0.15, -0.1) is 0 Å². The third-order valence-corrected chi connectivity index (χ3v) is 3.94. The third-order valence-electron chi connectivity index (χ3n) is 2.87. The van der Waals surface area contributed by atoms with E-state index in [2.05, 4.69) is 15.9 Å². The molecule has 2 aromatic carbocycles. The molecule has 0 aliphatic heterocycles. The summed E-state index contributed by atoms with van der Waals surface area (Å²) in [7, 11) is 0. The van der Waals surface area contributed by atoms with Gasteiger partial charge in [0.05, 0.1) is 11.6 Å². The van der Waals surface area contributed by atoms with E-state index in [0.29, 0.717) is 40.8 Å². The smallest absolute Gasteiger partial charge is 0.163 e. The van der Waals surface area contributed by atoms with Crippen molar-refractivity contribution in [2.75, 3.05) is 6.61 Å². The van der Waals surface area contributed by atoms with E-state index in [1.807, 2.05) is 12.1 Å². The molecule has 2 nitrogen and oxygen atoms in total. The quantitative estimate of drug-likeness (QED) is 0.462. The molecule has 0 saturated carbocycles. The highest BCUT2D eigenvalue weighted by Gasteiger charge is 2.07. The van der Waals surface area contributed by atoms with Crippen molar-refractivity contribution >= 4 is 44.9 Å². The Morgan fingerprint density at radius 3 is 2.52 bits per heavy atom. The molecule has 0 radical (unpaired) electrons. The van der Waals surface area contributed by atoms with Crippen LogP contribution >= 0.6 is 39.1 Å². The lowest BCUT2D eigenvalue weighted by molar-refractivity contribution is 0.0973. The van der Waals surface area contributed by atoms with E-state index >= 15 is 0 Å². The first-order chi connectivity index (χ1) is 10.1. The summed E-state index contributed by atoms with van der Waals surface area (Å²) in [6, 6.07) is 12.4. The predicted octanol–water partition coefficient (Wildman–Crippen LogP) is 5.80. The van der Waals surface area contributed by atoms with Crippen molar-refractivity contribution < 1.29 is 9.53 Å². The van der Waals surface area contributed by atoms with Crippen LogP contribution in [0.4, 0.5) is 0 Å². The summed E-state index contributed by atoms with van der Waals surface area (Å²) in [5.41, 5.74) is 0.707. The summed E-state index contributed by atoms with van der Waals surface area (Å²) >= 11 is 15.2. The number of benzene rings is 2. The molecule has 0 atom stereocenters. The zero-order valence-corrected chi connectivity index (χ0v) is 14.2. The SMILES string of the molecule is O=C(CCCOc1cc(Cl)ccc1Cl)c1ccc(Br)cc1. The summed E-state index contributed by atoms with van der Waals surface area (Å²) in [5.74, 6) is 0.642. The van der Waals surface area contributed by atoms with E-state index in [0.717, 1.165) is 4.47 Å². The Kier molecular flexibility index (Phi) is 6.09. The Bertz CT molecular complexity index is 627. The average Bonchev–Trinajstić information content (AvgIpc) is 2.47. The average molecular weight is 388 g/mol. The van der Waals surface area contributed by atoms with E-state index in [9.17, 15) is 4.79 Å². The molecular formula is C16H13BrCl2O2. The highest BCUT2D eigenvalue weighted by atomic mass is 79.9. The Morgan fingerprint density at radius 1 is 1.10 bits per heavy atom. The fourth-order valence-corrected chi connectivity index (χ4v) is 2.38. The molecule has 0 fully saturated rings. The van der Waals surface area contributed by atoms with Gasteiger partial charge in [0.15, 0.2) is 5.78 Å². The molecule has 2 aromatic rings. The van der Waals surface area contributed by atoms with Gasteiger partial charge in [-0.05, 0) is 30.7 Å². The summed E-state index contributed by atoms with van der Waals surface area (Å²) in [6.45, 7) is 0.419. The normalized spacial score (nSPS) is 10.4. The van der Waals surface area contributed by atoms with Gasteiger partial charge in [-0.25, -0.2) is 0 Å². The van der Waals surface area contributed by atoms with Gasteiger partial charge in [0.1, 0.15) is 5.75 Å². The van der Waals surface area contributed by atoms with E-state index in [-0.39, 0.29) is 5.78 Å². The van der Waals surface area contributed by atoms with Gasteiger partial charge in [-0.1, -0.05) is 51.3 Å². The van der Waals surface area contributed by atoms with Crippen LogP contribution in [0, 0.1) is 0 Å². The number of carbonyl (C=O) groups excluding carboxylic acids is 1. The number of Topliss-reactive ketones (excluding diaryl/α,β-unsaturated/α-hetero) is 1. The third kappa shape index (κ3) is 5.03. The van der Waals surface area contributed by atoms with Crippen molar-refractivity contribution in [2.24, 2.45) is 0 Å². The van der Waals surface area contributed by atoms with Crippen LogP contribution in [0.5, 0.6) is 5.75 Å². The largest absolute Gasteiger partial charge is 0.492 e. The zero-order valence-electron chi connectivity index (χ0n) is 11.1. The van der Waals surface area contributed by atoms with E-state index in [1.54, 1.807) is 30.3 Å². The Morgan fingerprint density at radius 2 is 1.81 bits per heavy atom. The number of hydrogen-bond donors (Lipinski definition) is 0. The molecule has 2 rings (SSSR count). The molecule has 0 N–H and O–H groups in total. The summed E-state index contributed by atoms with van der Waals surface area (Å²) < 4.78 is 6.50. The molecule has 0 aromatic heterocycles. The van der Waals surface area contributed by atoms with Gasteiger partial charge in [0.2, 0.25) is 0 Å². The number of ether oxygens (including phenoxy) is 1. The molecule has 21 heavy (non-hydrogen) atoms. The van der Waals surface area contributed by atoms with E-state index in [4.69, 9.17) is 27.9 Å². The Balaban J connectivity index is 1.80. The second-order valence-electron chi connectivity index (χ2n) is 4.46. The van der Waals surface area contributed by atoms with E-state index in [1.165, 1.54) is 0 Å². The maximum atomic E-state index is 12.0. The minimum Gasteiger partial charge on any atom is -0.492 e. The van der Waals surface area contributed by atoms with Crippen LogP contribution < -0.4 is 4.74 Å². The zero-order chi connectivity index (χ0) is 15.2. The van der Waals surface area contributed by atoms with Crippen LogP contribution in [0.15, 0.2) is 46.9 Å². The highest BCUT2D eigenvalue weighted by molar-refractivity contribution is 9.10. The minimum atomic E-state index is 0.100. The second kappa shape index (κ2) is 7.83. The van der Waals surface area contributed by atoms with E-state index < -0.39 is 0 Å². The number of halogens is 3. The maximum Gasteiger partial charge on any atom is 0.163 e. The van der Waals surface area contributed by atoms with Crippen molar-refractivity contribution in [1.29, 1.82) is 0 Å². The van der Waals surface area contributed by atoms with Gasteiger partial charge >= 0.3 is 0 Å². The van der Waals surface area contributed by atoms with Gasteiger partial charge in [0.25, 0.3) is 0 Å². The molecule has 0 aliphatic carbocycles. The van der Waals surface area contributed by atoms with Gasteiger partial charge in [-0.3, -0.25) is 4.79 Å². The molecule has 0 heterocycles. The van der Waals surface area contributed by atoms with Gasteiger partial charge in [-0.2, -0.15) is 0 Å². The molecule has 0 bridgehead atoms. The Hall–Kier alpha value is -1.03. The first kappa shape index (κ1) is 16.3. The summed E-state index contributed by atoms with van der Waals surface area (Å²) in [4.78, 5) is 12.0. The highest BCUT2D eigenvalue weighted by Crippen LogP contribution is 2.27. The topological polar surface area (TPSA) is 26.3 Å². The lowest BCUT2D eigenvalue weighted by atomic mass is 10.1. The fraction of sp³-hybridized carbons (Fsp3) is 0.188. The fourth-order valence-electron chi connectivity index (χ4n) is 1.78. The summed E-state index contributed by atoms with van der Waals surface area (Å²) in [6.07, 6.45) is 1.05. The van der Waals surface area contributed by atoms with Crippen LogP contribution in [0.1, 0.15) is 23.2 Å². The van der Waals surface area contributed by atoms with Crippen molar-refractivity contribution in [3.63, 3.8) is 0 Å². The molecule has 0 amide bonds. The number of hydrogen-bond acceptors (Lipinski definition) is 2. The first-order valence-corrected chi connectivity index (χ1v) is 7.98. The molecule has 0 unspecified atom stereocenters. The van der Waals surface area contributed by atoms with Crippen molar-refractivity contribution in [3.05, 3.63) is 62.5 Å². The number of rotatable bonds is 6. The molecule has 5 heteroatoms. The second-order valence-corrected chi connectivity index (χ2v) is 6.22. The standard InChI is InChI=1S/C16H13BrCl2O2/c17-12-5-3-11(4-6-12)15(20)2-1-9-21-16-10-13(18)7-8-14(16)19/h3-8,10H,1-2,9H2. The minimum absolute atomic E-state index is 0.100. The number of ketones is 1. The molecule has 0 saturated heterocycles. The van der Waals surface area contributed by atoms with Crippen LogP contribution in [0.2, 0.25) is 10.0 Å². The predicted molar refractivity (Wildman–Crippen MR) is 89.7 cm³/mol. The van der Waals surface area contributed by atoms with Crippen molar-refractivity contribution in [2.45, 2.75) is 12.8 Å². The molecule has 0 spiro atoms. The lowest BCUT2D eigenvalue weighted by Crippen LogP contribution is -2.04. The van der Waals surface area contributed by atoms with Crippen LogP contribution in [-0.2, 0) is 0 Å². The monoisotopic (exact) mass is 386 g/mol. The number of carbonyl (C=O) groups is 1. The summed E-state index contributed by atoms with van der Waals surface area (Å²) in [5, 5.41) is 1.08. The van der Waals surface area contributed by atoms with Gasteiger partial charge in [0, 0.05) is 27.5 Å². The van der Waals surface area contributed by atoms with Crippen LogP contribution in [0.25, 0.3) is 0 Å².